The first-order valence-corrected chi connectivity index (χ1v) is 6.97. The molecule has 0 spiro atoms. The molecule has 1 aromatic carbocycles. The molecule has 6 heteroatoms. The average Bonchev–Trinajstić information content (AvgIpc) is 2.93. The third-order valence-corrected chi connectivity index (χ3v) is 4.04. The van der Waals surface area contributed by atoms with E-state index in [1.165, 1.54) is 11.9 Å². The summed E-state index contributed by atoms with van der Waals surface area (Å²) in [6.45, 7) is 1.96. The molecule has 0 saturated carbocycles. The van der Waals surface area contributed by atoms with Crippen molar-refractivity contribution in [3.05, 3.63) is 30.1 Å². The number of hydrogen-bond donors (Lipinski definition) is 1. The van der Waals surface area contributed by atoms with E-state index in [1.54, 1.807) is 0 Å². The Bertz CT molecular complexity index is 722. The van der Waals surface area contributed by atoms with Crippen LogP contribution in [0.5, 0.6) is 0 Å². The fraction of sp³-hybridized carbons (Fsp3) is 0.400. The van der Waals surface area contributed by atoms with Gasteiger partial charge in [0.25, 0.3) is 0 Å². The normalized spacial score (nSPS) is 20.5. The lowest BCUT2D eigenvalue weighted by atomic mass is 10.2. The Balaban J connectivity index is 1.84. The molecule has 2 atom stereocenters. The summed E-state index contributed by atoms with van der Waals surface area (Å²) in [5.41, 5.74) is 1.97. The highest BCUT2D eigenvalue weighted by atomic mass is 16.2. The summed E-state index contributed by atoms with van der Waals surface area (Å²) < 4.78 is 2.01. The molecule has 1 aliphatic rings. The second-order valence-corrected chi connectivity index (χ2v) is 5.45. The fourth-order valence-corrected chi connectivity index (χ4v) is 2.81. The molecule has 2 amide bonds. The Labute approximate surface area is 122 Å². The second-order valence-electron chi connectivity index (χ2n) is 5.45. The molecule has 2 unspecified atom stereocenters. The van der Waals surface area contributed by atoms with E-state index < -0.39 is 6.04 Å². The molecule has 6 nitrogen and oxygen atoms in total. The minimum Gasteiger partial charge on any atom is -0.330 e. The smallest absolute Gasteiger partial charge is 0.246 e. The van der Waals surface area contributed by atoms with Crippen molar-refractivity contribution in [1.29, 1.82) is 0 Å². The average molecular weight is 286 g/mol. The first-order chi connectivity index (χ1) is 9.99. The van der Waals surface area contributed by atoms with Crippen molar-refractivity contribution in [2.45, 2.75) is 25.4 Å². The van der Waals surface area contributed by atoms with Crippen LogP contribution in [0.3, 0.4) is 0 Å². The van der Waals surface area contributed by atoms with Crippen molar-refractivity contribution in [3.8, 4) is 0 Å². The minimum atomic E-state index is -0.461. The fourth-order valence-electron chi connectivity index (χ4n) is 2.81. The molecule has 1 saturated heterocycles. The topological polar surface area (TPSA) is 67.2 Å². The van der Waals surface area contributed by atoms with E-state index in [1.807, 2.05) is 42.8 Å². The number of para-hydroxylation sites is 2. The van der Waals surface area contributed by atoms with E-state index in [9.17, 15) is 9.59 Å². The number of rotatable bonds is 3. The zero-order valence-electron chi connectivity index (χ0n) is 12.3. The van der Waals surface area contributed by atoms with Gasteiger partial charge in [-0.2, -0.15) is 0 Å². The number of benzene rings is 1. The Morgan fingerprint density at radius 1 is 1.29 bits per heavy atom. The Hall–Kier alpha value is -2.21. The van der Waals surface area contributed by atoms with Gasteiger partial charge in [0.1, 0.15) is 5.82 Å². The number of carbonyl (C=O) groups is 2. The summed E-state index contributed by atoms with van der Waals surface area (Å²) in [5.74, 6) is 0.534. The Kier molecular flexibility index (Phi) is 3.25. The SMILES string of the molecule is CC(NC1CC(=O)N(C)C1=O)c1nc2ccccc2n1C. The van der Waals surface area contributed by atoms with Crippen LogP contribution in [-0.4, -0.2) is 39.4 Å². The second kappa shape index (κ2) is 4.96. The maximum Gasteiger partial charge on any atom is 0.246 e. The van der Waals surface area contributed by atoms with Crippen LogP contribution < -0.4 is 5.32 Å². The van der Waals surface area contributed by atoms with Crippen LogP contribution in [0.25, 0.3) is 11.0 Å². The van der Waals surface area contributed by atoms with Gasteiger partial charge in [-0.1, -0.05) is 12.1 Å². The number of carbonyl (C=O) groups excluding carboxylic acids is 2. The van der Waals surface area contributed by atoms with Crippen LogP contribution in [0.2, 0.25) is 0 Å². The van der Waals surface area contributed by atoms with Gasteiger partial charge in [-0.25, -0.2) is 4.98 Å². The van der Waals surface area contributed by atoms with E-state index in [0.717, 1.165) is 16.9 Å². The van der Waals surface area contributed by atoms with Crippen molar-refractivity contribution in [3.63, 3.8) is 0 Å². The van der Waals surface area contributed by atoms with Gasteiger partial charge >= 0.3 is 0 Å². The Morgan fingerprint density at radius 2 is 2.00 bits per heavy atom. The predicted octanol–water partition coefficient (Wildman–Crippen LogP) is 0.981. The number of likely N-dealkylation sites (N-methyl/N-ethyl adjacent to an activating group) is 1. The number of nitrogens with zero attached hydrogens (tertiary/aromatic N) is 3. The highest BCUT2D eigenvalue weighted by Gasteiger charge is 2.37. The number of imidazole rings is 1. The number of imide groups is 1. The van der Waals surface area contributed by atoms with Crippen LogP contribution >= 0.6 is 0 Å². The molecule has 1 aromatic heterocycles. The number of amides is 2. The highest BCUT2D eigenvalue weighted by molar-refractivity contribution is 6.05. The molecule has 2 heterocycles. The predicted molar refractivity (Wildman–Crippen MR) is 78.4 cm³/mol. The standard InChI is InChI=1S/C15H18N4O2/c1-9(16-11-8-13(20)19(3)15(11)21)14-17-10-6-4-5-7-12(10)18(14)2/h4-7,9,11,16H,8H2,1-3H3. The number of nitrogens with one attached hydrogen (secondary N) is 1. The maximum atomic E-state index is 12.0. The van der Waals surface area contributed by atoms with Gasteiger partial charge in [0, 0.05) is 14.1 Å². The molecular weight excluding hydrogens is 268 g/mol. The summed E-state index contributed by atoms with van der Waals surface area (Å²) in [6.07, 6.45) is 0.212. The number of aryl methyl sites for hydroxylation is 1. The molecule has 1 aliphatic heterocycles. The minimum absolute atomic E-state index is 0.115. The van der Waals surface area contributed by atoms with Crippen molar-refractivity contribution in [1.82, 2.24) is 19.8 Å². The largest absolute Gasteiger partial charge is 0.330 e. The quantitative estimate of drug-likeness (QED) is 0.854. The van der Waals surface area contributed by atoms with Gasteiger partial charge in [0.15, 0.2) is 0 Å². The van der Waals surface area contributed by atoms with Crippen LogP contribution in [-0.2, 0) is 16.6 Å². The first kappa shape index (κ1) is 13.8. The third-order valence-electron chi connectivity index (χ3n) is 4.04. The molecule has 0 bridgehead atoms. The van der Waals surface area contributed by atoms with E-state index in [-0.39, 0.29) is 24.3 Å². The summed E-state index contributed by atoms with van der Waals surface area (Å²) in [5, 5.41) is 3.21. The molecule has 1 N–H and O–H groups in total. The number of fused-ring (bicyclic) bond motifs is 1. The van der Waals surface area contributed by atoms with Crippen LogP contribution in [0, 0.1) is 0 Å². The molecule has 110 valence electrons. The molecule has 3 rings (SSSR count). The first-order valence-electron chi connectivity index (χ1n) is 6.97. The van der Waals surface area contributed by atoms with Gasteiger partial charge in [0.05, 0.1) is 29.5 Å². The zero-order chi connectivity index (χ0) is 15.1. The molecule has 1 fully saturated rings. The molecule has 2 aromatic rings. The summed E-state index contributed by atoms with van der Waals surface area (Å²) in [4.78, 5) is 29.3. The third kappa shape index (κ3) is 2.21. The van der Waals surface area contributed by atoms with Crippen LogP contribution in [0.1, 0.15) is 25.2 Å². The van der Waals surface area contributed by atoms with E-state index in [4.69, 9.17) is 0 Å². The maximum absolute atomic E-state index is 12.0. The van der Waals surface area contributed by atoms with Gasteiger partial charge in [-0.3, -0.25) is 19.8 Å². The number of aromatic nitrogens is 2. The van der Waals surface area contributed by atoms with Gasteiger partial charge < -0.3 is 4.57 Å². The summed E-state index contributed by atoms with van der Waals surface area (Å²) >= 11 is 0. The van der Waals surface area contributed by atoms with E-state index >= 15 is 0 Å². The highest BCUT2D eigenvalue weighted by Crippen LogP contribution is 2.21. The van der Waals surface area contributed by atoms with Crippen molar-refractivity contribution < 1.29 is 9.59 Å². The Morgan fingerprint density at radius 3 is 2.62 bits per heavy atom. The van der Waals surface area contributed by atoms with E-state index in [0.29, 0.717) is 0 Å². The van der Waals surface area contributed by atoms with Crippen LogP contribution in [0.15, 0.2) is 24.3 Å². The monoisotopic (exact) mass is 286 g/mol. The molecule has 0 aliphatic carbocycles. The lowest BCUT2D eigenvalue weighted by molar-refractivity contribution is -0.137. The van der Waals surface area contributed by atoms with Gasteiger partial charge in [-0.05, 0) is 19.1 Å². The van der Waals surface area contributed by atoms with Gasteiger partial charge in [-0.15, -0.1) is 0 Å². The van der Waals surface area contributed by atoms with Crippen molar-refractivity contribution in [2.24, 2.45) is 7.05 Å². The lowest BCUT2D eigenvalue weighted by Gasteiger charge is -2.17. The number of hydrogen-bond acceptors (Lipinski definition) is 4. The van der Waals surface area contributed by atoms with E-state index in [2.05, 4.69) is 10.3 Å². The summed E-state index contributed by atoms with van der Waals surface area (Å²) in [6, 6.07) is 7.32. The number of likely N-dealkylation sites (tertiary alicyclic amines) is 1. The molecule has 0 radical (unpaired) electrons. The van der Waals surface area contributed by atoms with Crippen LogP contribution in [0.4, 0.5) is 0 Å². The van der Waals surface area contributed by atoms with Crippen molar-refractivity contribution in [2.75, 3.05) is 7.05 Å². The molecule has 21 heavy (non-hydrogen) atoms. The molecular formula is C15H18N4O2. The van der Waals surface area contributed by atoms with Crippen molar-refractivity contribution >= 4 is 22.8 Å². The van der Waals surface area contributed by atoms with Gasteiger partial charge in [0.2, 0.25) is 11.8 Å². The lowest BCUT2D eigenvalue weighted by Crippen LogP contribution is -2.39. The zero-order valence-corrected chi connectivity index (χ0v) is 12.3. The summed E-state index contributed by atoms with van der Waals surface area (Å²) in [7, 11) is 3.47.